The maximum atomic E-state index is 13.4. The number of benzene rings is 1. The van der Waals surface area contributed by atoms with Gasteiger partial charge in [-0.15, -0.1) is 22.9 Å². The molecule has 36 heavy (non-hydrogen) atoms. The van der Waals surface area contributed by atoms with Crippen LogP contribution in [0.15, 0.2) is 40.3 Å². The Morgan fingerprint density at radius 3 is 2.86 bits per heavy atom. The van der Waals surface area contributed by atoms with Gasteiger partial charge in [-0.1, -0.05) is 47.8 Å². The Labute approximate surface area is 231 Å². The zero-order chi connectivity index (χ0) is 26.1. The van der Waals surface area contributed by atoms with Crippen LogP contribution < -0.4 is 5.32 Å². The molecular formula is C26H33ClN2O4S3. The smallest absolute Gasteiger partial charge is 0.230 e. The predicted octanol–water partition coefficient (Wildman–Crippen LogP) is 5.36. The molecule has 0 spiro atoms. The summed E-state index contributed by atoms with van der Waals surface area (Å²) in [6.07, 6.45) is 3.11. The van der Waals surface area contributed by atoms with E-state index < -0.39 is 29.1 Å². The molecule has 2 fully saturated rings. The van der Waals surface area contributed by atoms with Crippen LogP contribution in [-0.4, -0.2) is 63.1 Å². The molecule has 1 amide bonds. The molecule has 4 rings (SSSR count). The number of methoxy groups -OCH3 is 1. The van der Waals surface area contributed by atoms with Gasteiger partial charge in [0.1, 0.15) is 5.60 Å². The van der Waals surface area contributed by atoms with Gasteiger partial charge in [0, 0.05) is 13.0 Å². The highest BCUT2D eigenvalue weighted by Gasteiger charge is 2.67. The number of epoxide rings is 1. The monoisotopic (exact) mass is 568 g/mol. The van der Waals surface area contributed by atoms with Crippen molar-refractivity contribution in [1.29, 1.82) is 0 Å². The van der Waals surface area contributed by atoms with Crippen LogP contribution in [0.4, 0.5) is 0 Å². The highest BCUT2D eigenvalue weighted by atomic mass is 35.5. The van der Waals surface area contributed by atoms with E-state index in [1.807, 2.05) is 45.0 Å². The van der Waals surface area contributed by atoms with Crippen molar-refractivity contribution in [2.45, 2.75) is 67.8 Å². The molecule has 1 saturated heterocycles. The van der Waals surface area contributed by atoms with Crippen LogP contribution in [0.5, 0.6) is 0 Å². The number of nitrogens with zero attached hydrogens (tertiary/aromatic N) is 1. The molecule has 2 N–H and O–H groups in total. The minimum Gasteiger partial charge on any atom is -0.388 e. The average molecular weight is 569 g/mol. The van der Waals surface area contributed by atoms with Crippen LogP contribution in [0.25, 0.3) is 10.2 Å². The third kappa shape index (κ3) is 5.82. The largest absolute Gasteiger partial charge is 0.388 e. The molecule has 196 valence electrons. The Kier molecular flexibility index (Phi) is 8.81. The van der Waals surface area contributed by atoms with Crippen LogP contribution >= 0.6 is 46.9 Å². The summed E-state index contributed by atoms with van der Waals surface area (Å²) < 4.78 is 14.1. The lowest BCUT2D eigenvalue weighted by Crippen LogP contribution is -2.61. The predicted molar refractivity (Wildman–Crippen MR) is 151 cm³/mol. The van der Waals surface area contributed by atoms with Gasteiger partial charge < -0.3 is 19.9 Å². The van der Waals surface area contributed by atoms with Crippen molar-refractivity contribution < 1.29 is 19.4 Å². The number of para-hydroxylation sites is 1. The molecule has 2 heterocycles. The first-order valence-corrected chi connectivity index (χ1v) is 14.8. The number of thioether (sulfide) groups is 1. The molecule has 1 aliphatic carbocycles. The maximum Gasteiger partial charge on any atom is 0.230 e. The van der Waals surface area contributed by atoms with Crippen molar-refractivity contribution in [3.05, 3.63) is 35.9 Å². The van der Waals surface area contributed by atoms with E-state index in [9.17, 15) is 9.90 Å². The molecule has 2 aromatic rings. The summed E-state index contributed by atoms with van der Waals surface area (Å²) in [6, 6.07) is 7.98. The Balaban J connectivity index is 1.42. The molecule has 0 bridgehead atoms. The zero-order valence-electron chi connectivity index (χ0n) is 21.0. The number of thiazole rings is 1. The van der Waals surface area contributed by atoms with Gasteiger partial charge >= 0.3 is 0 Å². The SMILES string of the molecule is COC1C(C(=O)NC(=S)CSc2nc3ccccc3s2)CCC(O)(CCl)C1C1(C)OC1CC=C(C)C. The van der Waals surface area contributed by atoms with E-state index in [1.54, 1.807) is 18.4 Å². The summed E-state index contributed by atoms with van der Waals surface area (Å²) >= 11 is 14.9. The number of fused-ring (bicyclic) bond motifs is 1. The number of nitrogens with one attached hydrogen (secondary N) is 1. The number of ether oxygens (including phenoxy) is 2. The van der Waals surface area contributed by atoms with Crippen LogP contribution in [0.2, 0.25) is 0 Å². The number of hydrogen-bond acceptors (Lipinski definition) is 8. The number of alkyl halides is 1. The number of amides is 1. The van der Waals surface area contributed by atoms with Crippen LogP contribution in [0, 0.1) is 11.8 Å². The Hall–Kier alpha value is -1.07. The van der Waals surface area contributed by atoms with E-state index in [0.29, 0.717) is 23.6 Å². The minimum atomic E-state index is -1.18. The van der Waals surface area contributed by atoms with Crippen molar-refractivity contribution in [3.8, 4) is 0 Å². The fourth-order valence-corrected chi connectivity index (χ4v) is 7.78. The van der Waals surface area contributed by atoms with E-state index in [1.165, 1.54) is 17.3 Å². The molecule has 1 saturated carbocycles. The quantitative estimate of drug-likeness (QED) is 0.138. The van der Waals surface area contributed by atoms with Gasteiger partial charge in [0.2, 0.25) is 5.91 Å². The lowest BCUT2D eigenvalue weighted by Gasteiger charge is -2.48. The number of hydrogen-bond donors (Lipinski definition) is 2. The maximum absolute atomic E-state index is 13.4. The zero-order valence-corrected chi connectivity index (χ0v) is 24.2. The summed E-state index contributed by atoms with van der Waals surface area (Å²) in [4.78, 5) is 18.4. The van der Waals surface area contributed by atoms with E-state index >= 15 is 0 Å². The normalized spacial score (nSPS) is 31.7. The Bertz CT molecular complexity index is 1120. The van der Waals surface area contributed by atoms with Gasteiger partial charge in [0.05, 0.1) is 50.6 Å². The summed E-state index contributed by atoms with van der Waals surface area (Å²) in [6.45, 7) is 6.09. The number of rotatable bonds is 9. The molecule has 6 unspecified atom stereocenters. The second-order valence-electron chi connectivity index (χ2n) is 10.0. The van der Waals surface area contributed by atoms with Crippen LogP contribution in [0.1, 0.15) is 40.0 Å². The first-order valence-electron chi connectivity index (χ1n) is 12.1. The first-order chi connectivity index (χ1) is 17.1. The Morgan fingerprint density at radius 2 is 2.19 bits per heavy atom. The standard InChI is InChI=1S/C26H33ClN2O4S3/c1-15(2)9-10-19-25(3,33-19)22-21(32-4)16(11-12-26(22,31)14-27)23(30)29-20(34)13-35-24-28-17-7-5-6-8-18(17)36-24/h5-9,16,19,21-22,31H,10-14H2,1-4H3,(H,29,30,34). The number of halogens is 1. The summed E-state index contributed by atoms with van der Waals surface area (Å²) in [5, 5.41) is 14.4. The van der Waals surface area contributed by atoms with Crippen LogP contribution in [-0.2, 0) is 14.3 Å². The number of aromatic nitrogens is 1. The number of carbonyl (C=O) groups excluding carboxylic acids is 1. The fourth-order valence-electron chi connectivity index (χ4n) is 5.33. The molecule has 6 nitrogen and oxygen atoms in total. The lowest BCUT2D eigenvalue weighted by atomic mass is 9.63. The van der Waals surface area contributed by atoms with Crippen molar-refractivity contribution in [3.63, 3.8) is 0 Å². The minimum absolute atomic E-state index is 0.0530. The second-order valence-corrected chi connectivity index (χ2v) is 13.0. The van der Waals surface area contributed by atoms with Gasteiger partial charge in [0.15, 0.2) is 4.34 Å². The first kappa shape index (κ1) is 28.0. The van der Waals surface area contributed by atoms with Gasteiger partial charge in [-0.25, -0.2) is 4.98 Å². The molecule has 1 aromatic carbocycles. The topological polar surface area (TPSA) is 84.0 Å². The van der Waals surface area contributed by atoms with Crippen LogP contribution in [0.3, 0.4) is 0 Å². The second kappa shape index (κ2) is 11.4. The summed E-state index contributed by atoms with van der Waals surface area (Å²) in [5.74, 6) is -0.607. The van der Waals surface area contributed by atoms with Crippen molar-refractivity contribution >= 4 is 68.0 Å². The highest BCUT2D eigenvalue weighted by Crippen LogP contribution is 2.55. The van der Waals surface area contributed by atoms with E-state index in [-0.39, 0.29) is 17.9 Å². The molecule has 1 aliphatic heterocycles. The van der Waals surface area contributed by atoms with E-state index in [0.717, 1.165) is 21.0 Å². The van der Waals surface area contributed by atoms with Gasteiger partial charge in [-0.05, 0) is 52.2 Å². The summed E-state index contributed by atoms with van der Waals surface area (Å²) in [7, 11) is 1.58. The van der Waals surface area contributed by atoms with E-state index in [2.05, 4.69) is 16.4 Å². The molecular weight excluding hydrogens is 536 g/mol. The van der Waals surface area contributed by atoms with Crippen molar-refractivity contribution in [1.82, 2.24) is 10.3 Å². The molecule has 1 aromatic heterocycles. The van der Waals surface area contributed by atoms with Crippen molar-refractivity contribution in [2.75, 3.05) is 18.7 Å². The van der Waals surface area contributed by atoms with Crippen molar-refractivity contribution in [2.24, 2.45) is 11.8 Å². The van der Waals surface area contributed by atoms with Gasteiger partial charge in [-0.3, -0.25) is 4.79 Å². The average Bonchev–Trinajstić information content (AvgIpc) is 3.32. The van der Waals surface area contributed by atoms with E-state index in [4.69, 9.17) is 33.3 Å². The Morgan fingerprint density at radius 1 is 1.44 bits per heavy atom. The van der Waals surface area contributed by atoms with Gasteiger partial charge in [0.25, 0.3) is 0 Å². The number of allylic oxidation sites excluding steroid dienone is 1. The third-order valence-electron chi connectivity index (χ3n) is 7.23. The molecule has 10 heteroatoms. The fraction of sp³-hybridized carbons (Fsp3) is 0.577. The molecule has 0 radical (unpaired) electrons. The van der Waals surface area contributed by atoms with Gasteiger partial charge in [-0.2, -0.15) is 0 Å². The molecule has 6 atom stereocenters. The number of thiocarbonyl (C=S) groups is 1. The third-order valence-corrected chi connectivity index (χ3v) is 10.3. The molecule has 2 aliphatic rings. The number of carbonyl (C=O) groups is 1. The number of aliphatic hydroxyl groups is 1. The summed E-state index contributed by atoms with van der Waals surface area (Å²) in [5.41, 5.74) is 0.359. The lowest BCUT2D eigenvalue weighted by molar-refractivity contribution is -0.161. The highest BCUT2D eigenvalue weighted by molar-refractivity contribution is 8.02.